The summed E-state index contributed by atoms with van der Waals surface area (Å²) in [6.07, 6.45) is 1.37. The molecule has 8 aromatic rings. The van der Waals surface area contributed by atoms with Gasteiger partial charge in [-0.25, -0.2) is 19.0 Å². The largest absolute Gasteiger partial charge is 0.458 e. The van der Waals surface area contributed by atoms with Crippen LogP contribution in [-0.2, 0) is 115 Å². The van der Waals surface area contributed by atoms with Gasteiger partial charge in [-0.15, -0.1) is 0 Å². The smallest absolute Gasteiger partial charge is 0.407 e. The van der Waals surface area contributed by atoms with E-state index in [-0.39, 0.29) is 76.4 Å². The highest BCUT2D eigenvalue weighted by atomic mass is 19.1. The van der Waals surface area contributed by atoms with Crippen LogP contribution in [0.3, 0.4) is 0 Å². The number of carbonyl (C=O) groups is 5. The summed E-state index contributed by atoms with van der Waals surface area (Å²) < 4.78 is 78.2. The monoisotopic (exact) mass is 1610 g/mol. The van der Waals surface area contributed by atoms with E-state index in [4.69, 9.17) is 62.6 Å². The number of halogens is 1. The predicted octanol–water partition coefficient (Wildman–Crippen LogP) is 10.5. The van der Waals surface area contributed by atoms with Crippen molar-refractivity contribution in [3.05, 3.63) is 245 Å². The number of azide groups is 1. The summed E-state index contributed by atoms with van der Waals surface area (Å²) in [7, 11) is 0. The Bertz CT molecular complexity index is 4660. The van der Waals surface area contributed by atoms with Crippen molar-refractivity contribution in [2.24, 2.45) is 5.11 Å². The fraction of sp³-hybridized carbons (Fsp3) is 0.443. The van der Waals surface area contributed by atoms with Crippen LogP contribution >= 0.6 is 0 Å². The highest BCUT2D eigenvalue weighted by Crippen LogP contribution is 2.46. The molecule has 4 heterocycles. The molecule has 117 heavy (non-hydrogen) atoms. The van der Waals surface area contributed by atoms with Crippen molar-refractivity contribution in [1.29, 1.82) is 0 Å². The van der Waals surface area contributed by atoms with Gasteiger partial charge in [0, 0.05) is 52.6 Å². The van der Waals surface area contributed by atoms with Crippen LogP contribution in [-0.4, -0.2) is 189 Å². The summed E-state index contributed by atoms with van der Waals surface area (Å²) >= 11 is 0. The number of nitrogens with zero attached hydrogens (tertiary/aromatic N) is 5. The highest BCUT2D eigenvalue weighted by molar-refractivity contribution is 5.99. The molecule has 3 aliphatic rings. The van der Waals surface area contributed by atoms with E-state index in [1.54, 1.807) is 44.2 Å². The third-order valence-electron chi connectivity index (χ3n) is 20.9. The maximum Gasteiger partial charge on any atom is 0.407 e. The lowest BCUT2D eigenvalue weighted by atomic mass is 9.76. The van der Waals surface area contributed by atoms with E-state index in [1.807, 2.05) is 66.7 Å². The molecule has 0 saturated carbocycles. The van der Waals surface area contributed by atoms with Crippen LogP contribution in [0.15, 0.2) is 162 Å². The molecule has 11 rings (SSSR count). The number of carbonyl (C=O) groups excluding carboxylic acids is 5. The van der Waals surface area contributed by atoms with E-state index < -0.39 is 70.4 Å². The molecule has 0 unspecified atom stereocenters. The Balaban J connectivity index is 0.667. The molecular formula is C88H105FN10O18. The second-order valence-electron chi connectivity index (χ2n) is 28.7. The molecule has 1 aliphatic carbocycles. The van der Waals surface area contributed by atoms with Crippen molar-refractivity contribution in [3.63, 3.8) is 0 Å². The first-order valence-corrected chi connectivity index (χ1v) is 40.0. The van der Waals surface area contributed by atoms with Gasteiger partial charge < -0.3 is 83.0 Å². The number of alkyl carbamates (subject to hydrolysis) is 1. The third-order valence-corrected chi connectivity index (χ3v) is 20.9. The fourth-order valence-electron chi connectivity index (χ4n) is 14.7. The van der Waals surface area contributed by atoms with E-state index in [9.17, 15) is 33.9 Å². The average molecular weight is 1610 g/mol. The average Bonchev–Trinajstić information content (AvgIpc) is 1.59. The van der Waals surface area contributed by atoms with Crippen LogP contribution in [0.4, 0.5) is 14.9 Å². The number of pyridine rings is 2. The Morgan fingerprint density at radius 1 is 0.658 bits per heavy atom. The van der Waals surface area contributed by atoms with Crippen molar-refractivity contribution in [1.82, 2.24) is 30.8 Å². The summed E-state index contributed by atoms with van der Waals surface area (Å²) in [5.74, 6) is -2.79. The first-order chi connectivity index (χ1) is 57.1. The normalized spacial score (nSPS) is 15.1. The lowest BCUT2D eigenvalue weighted by Gasteiger charge is -2.37. The van der Waals surface area contributed by atoms with E-state index in [2.05, 4.69) is 92.1 Å². The zero-order valence-corrected chi connectivity index (χ0v) is 66.6. The number of fused-ring (bicyclic) bond motifs is 5. The summed E-state index contributed by atoms with van der Waals surface area (Å²) in [6.45, 7) is 12.4. The Morgan fingerprint density at radius 3 is 1.79 bits per heavy atom. The number of hydrogen-bond acceptors (Lipinski definition) is 21. The van der Waals surface area contributed by atoms with Gasteiger partial charge in [0.25, 0.3) is 5.56 Å². The first-order valence-electron chi connectivity index (χ1n) is 40.0. The zero-order chi connectivity index (χ0) is 82.2. The van der Waals surface area contributed by atoms with Gasteiger partial charge in [0.05, 0.1) is 160 Å². The maximum absolute atomic E-state index is 15.7. The molecule has 622 valence electrons. The number of amides is 4. The number of aliphatic hydroxyl groups is 1. The van der Waals surface area contributed by atoms with Gasteiger partial charge in [0.2, 0.25) is 17.7 Å². The van der Waals surface area contributed by atoms with Crippen molar-refractivity contribution >= 4 is 46.4 Å². The number of cyclic esters (lactones) is 1. The predicted molar refractivity (Wildman–Crippen MR) is 434 cm³/mol. The van der Waals surface area contributed by atoms with Gasteiger partial charge in [-0.05, 0) is 127 Å². The molecule has 6 N–H and O–H groups in total. The number of hydrogen-bond donors (Lipinski definition) is 6. The van der Waals surface area contributed by atoms with Gasteiger partial charge in [0.1, 0.15) is 31.1 Å². The number of anilines is 1. The molecule has 2 aliphatic heterocycles. The Labute approximate surface area is 679 Å². The molecular weight excluding hydrogens is 1500 g/mol. The topological polar surface area (TPSA) is 351 Å². The van der Waals surface area contributed by atoms with Crippen LogP contribution in [0.5, 0.6) is 0 Å². The van der Waals surface area contributed by atoms with Crippen LogP contribution in [0.25, 0.3) is 32.7 Å². The van der Waals surface area contributed by atoms with E-state index >= 15 is 4.39 Å². The number of ether oxygens (including phenoxy) is 11. The van der Waals surface area contributed by atoms with Crippen LogP contribution in [0.2, 0.25) is 0 Å². The SMILES string of the molecule is CC[C@@]1(O)C(=O)OCc2c1cc1n(c2=O)Cc2c-1nc1cc(F)c(C)c3c1c2[C@@H](NC(=O)OCc1ccc(NC(=O)[C@H](CCCCNC(c2ccccc2)(c2ccccc2)c2ccc(C)cc2)NC(=O)[C@H](Cc2ccccc2)NC(=O)CCOCCOCCOCCOCCOCCOCCOCCOCCOCCN=[N+]=[N-])cc1)CC3. The summed E-state index contributed by atoms with van der Waals surface area (Å²) in [5.41, 5.74) is 14.9. The van der Waals surface area contributed by atoms with Crippen LogP contribution in [0.1, 0.15) is 118 Å². The summed E-state index contributed by atoms with van der Waals surface area (Å²) in [5, 5.41) is 31.6. The third kappa shape index (κ3) is 23.7. The molecule has 2 aromatic heterocycles. The van der Waals surface area contributed by atoms with Gasteiger partial charge in [-0.3, -0.25) is 24.5 Å². The number of benzene rings is 6. The minimum absolute atomic E-state index is 0.0447. The Hall–Kier alpha value is -10.4. The van der Waals surface area contributed by atoms with Gasteiger partial charge in [-0.2, -0.15) is 0 Å². The standard InChI is InChI=1S/C88H105FN10O18/c1-4-87(106)71-55-77-81-69(57-99(77)84(103)70(71)59-116-85(87)104)80-73(32-31-68-61(3)72(89)56-75(95-81)79(68)80)97-86(105)117-58-63-25-29-67(30-26-63)93-82(101)74(22-14-15-34-91-88(64-18-10-6-11-19-64,65-20-12-7-13-21-65)66-27-23-60(2)24-28-66)96-83(102)76(54-62-16-8-5-9-17-62)94-78(100)33-36-107-38-40-109-42-44-111-46-48-113-50-52-115-53-51-114-49-47-112-45-43-110-41-39-108-37-35-92-98-90/h5-13,16-21,23-30,55-56,73-74,76,91,106H,4,14-15,22,31-54,57-59H2,1-3H3,(H,93,101)(H,94,100)(H,96,102)(H,97,105)/t73-,74-,76-,87-/m0/s1. The van der Waals surface area contributed by atoms with Gasteiger partial charge in [0.15, 0.2) is 5.60 Å². The van der Waals surface area contributed by atoms with E-state index in [1.165, 1.54) is 10.6 Å². The Morgan fingerprint density at radius 2 is 1.21 bits per heavy atom. The first kappa shape index (κ1) is 87.5. The minimum Gasteiger partial charge on any atom is -0.458 e. The molecule has 28 nitrogen and oxygen atoms in total. The molecule has 0 bridgehead atoms. The molecule has 29 heteroatoms. The van der Waals surface area contributed by atoms with Crippen LogP contribution < -0.4 is 32.1 Å². The molecule has 0 radical (unpaired) electrons. The molecule has 4 atom stereocenters. The van der Waals surface area contributed by atoms with Crippen LogP contribution in [0, 0.1) is 19.7 Å². The van der Waals surface area contributed by atoms with Gasteiger partial charge in [-0.1, -0.05) is 145 Å². The van der Waals surface area contributed by atoms with Crippen molar-refractivity contribution in [3.8, 4) is 11.4 Å². The number of nitrogens with one attached hydrogen (secondary N) is 5. The second-order valence-corrected chi connectivity index (χ2v) is 28.7. The van der Waals surface area contributed by atoms with Crippen molar-refractivity contribution < 1.29 is 85.6 Å². The number of aryl methyl sites for hydroxylation is 2. The Kier molecular flexibility index (Phi) is 33.5. The quantitative estimate of drug-likeness (QED) is 0.00515. The summed E-state index contributed by atoms with van der Waals surface area (Å²) in [4.78, 5) is 92.1. The number of rotatable bonds is 50. The maximum atomic E-state index is 15.7. The molecule has 4 amide bonds. The zero-order valence-electron chi connectivity index (χ0n) is 66.6. The molecule has 0 saturated heterocycles. The molecule has 0 spiro atoms. The van der Waals surface area contributed by atoms with E-state index in [0.29, 0.717) is 188 Å². The van der Waals surface area contributed by atoms with E-state index in [0.717, 1.165) is 33.4 Å². The highest BCUT2D eigenvalue weighted by Gasteiger charge is 2.46. The molecule has 0 fully saturated rings. The number of aromatic nitrogens is 2. The fourth-order valence-corrected chi connectivity index (χ4v) is 14.7. The summed E-state index contributed by atoms with van der Waals surface area (Å²) in [6, 6.07) is 45.2. The van der Waals surface area contributed by atoms with Crippen molar-refractivity contribution in [2.75, 3.05) is 137 Å². The van der Waals surface area contributed by atoms with Gasteiger partial charge >= 0.3 is 12.1 Å². The lowest BCUT2D eigenvalue weighted by molar-refractivity contribution is -0.172. The van der Waals surface area contributed by atoms with Crippen molar-refractivity contribution in [2.45, 2.75) is 121 Å². The number of esters is 1. The lowest BCUT2D eigenvalue weighted by Crippen LogP contribution is -2.53. The minimum atomic E-state index is -2.06. The molecule has 6 aromatic carbocycles. The number of unbranched alkanes of at least 4 members (excludes halogenated alkanes) is 1. The second kappa shape index (κ2) is 44.8.